The zero-order valence-corrected chi connectivity index (χ0v) is 13.5. The van der Waals surface area contributed by atoms with Gasteiger partial charge in [0.15, 0.2) is 6.43 Å². The van der Waals surface area contributed by atoms with Gasteiger partial charge in [0.2, 0.25) is 0 Å². The highest BCUT2D eigenvalue weighted by Gasteiger charge is 2.22. The Labute approximate surface area is 119 Å². The number of fused-ring (bicyclic) bond motifs is 1. The third kappa shape index (κ3) is 4.08. The van der Waals surface area contributed by atoms with Gasteiger partial charge in [0.1, 0.15) is 0 Å². The van der Waals surface area contributed by atoms with E-state index in [4.69, 9.17) is 0 Å². The van der Waals surface area contributed by atoms with Crippen molar-refractivity contribution in [2.24, 2.45) is 0 Å². The van der Waals surface area contributed by atoms with Gasteiger partial charge in [-0.1, -0.05) is 75.4 Å². The molecule has 0 radical (unpaired) electrons. The Hall–Kier alpha value is -0.805. The molecule has 1 unspecified atom stereocenters. The fraction of sp³-hybridized carbons (Fsp3) is 0.412. The summed E-state index contributed by atoms with van der Waals surface area (Å²) in [6.45, 7) is 9.43. The first-order valence-electron chi connectivity index (χ1n) is 7.18. The Bertz CT molecular complexity index is 542. The van der Waals surface area contributed by atoms with E-state index in [9.17, 15) is 0 Å². The molecule has 2 heteroatoms. The zero-order valence-electron chi connectivity index (χ0n) is 12.5. The van der Waals surface area contributed by atoms with Gasteiger partial charge in [-0.3, -0.25) is 0 Å². The summed E-state index contributed by atoms with van der Waals surface area (Å²) in [7, 11) is 1.06. The lowest BCUT2D eigenvalue weighted by atomic mass is 9.55. The highest BCUT2D eigenvalue weighted by atomic mass is 31.1. The smallest absolute Gasteiger partial charge is 0.155 e. The molecule has 0 N–H and O–H groups in total. The van der Waals surface area contributed by atoms with Crippen LogP contribution >= 0.6 is 8.46 Å². The van der Waals surface area contributed by atoms with E-state index >= 15 is 0 Å². The van der Waals surface area contributed by atoms with E-state index in [0.29, 0.717) is 5.31 Å². The zero-order chi connectivity index (χ0) is 13.9. The van der Waals surface area contributed by atoms with Crippen LogP contribution in [0.2, 0.25) is 12.1 Å². The van der Waals surface area contributed by atoms with E-state index in [0.717, 1.165) is 14.9 Å². The molecule has 2 rings (SSSR count). The molecule has 2 aromatic rings. The first-order chi connectivity index (χ1) is 8.97. The van der Waals surface area contributed by atoms with Crippen molar-refractivity contribution in [3.8, 4) is 0 Å². The van der Waals surface area contributed by atoms with Gasteiger partial charge in [0, 0.05) is 0 Å². The van der Waals surface area contributed by atoms with Crippen LogP contribution in [0.3, 0.4) is 0 Å². The molecule has 1 atom stereocenters. The van der Waals surface area contributed by atoms with Crippen LogP contribution < -0.4 is 0 Å². The minimum atomic E-state index is 0.446. The Morgan fingerprint density at radius 2 is 1.68 bits per heavy atom. The van der Waals surface area contributed by atoms with Crippen LogP contribution in [0.15, 0.2) is 42.5 Å². The van der Waals surface area contributed by atoms with E-state index in [1.165, 1.54) is 28.9 Å². The van der Waals surface area contributed by atoms with Crippen molar-refractivity contribution in [1.82, 2.24) is 0 Å². The van der Waals surface area contributed by atoms with Crippen molar-refractivity contribution in [2.45, 2.75) is 39.3 Å². The number of hydrogen-bond acceptors (Lipinski definition) is 0. The van der Waals surface area contributed by atoms with Crippen molar-refractivity contribution < 1.29 is 0 Å². The second-order valence-electron chi connectivity index (χ2n) is 6.47. The van der Waals surface area contributed by atoms with E-state index in [-0.39, 0.29) is 0 Å². The van der Waals surface area contributed by atoms with Gasteiger partial charge >= 0.3 is 0 Å². The van der Waals surface area contributed by atoms with Crippen LogP contribution in [0.5, 0.6) is 0 Å². The fourth-order valence-electron chi connectivity index (χ4n) is 2.13. The van der Waals surface area contributed by atoms with Gasteiger partial charge in [-0.2, -0.15) is 8.46 Å². The van der Waals surface area contributed by atoms with Crippen LogP contribution in [-0.4, -0.2) is 12.6 Å². The summed E-state index contributed by atoms with van der Waals surface area (Å²) in [5, 5.41) is 3.16. The molecule has 0 heterocycles. The summed E-state index contributed by atoms with van der Waals surface area (Å²) >= 11 is 0. The first-order valence-corrected chi connectivity index (χ1v) is 8.46. The first kappa shape index (κ1) is 14.6. The van der Waals surface area contributed by atoms with E-state index in [1.807, 2.05) is 0 Å². The molecule has 0 nitrogen and oxygen atoms in total. The number of hydrogen-bond donors (Lipinski definition) is 0. The summed E-state index contributed by atoms with van der Waals surface area (Å²) in [5.41, 5.74) is 1.48. The molecule has 0 spiro atoms. The standard InChI is InChI=1S/C17H24BP/c1-17(2,3)18(4)19-12-11-14-9-10-15-7-5-6-8-16(15)13-14/h5-10,13,19H,11-12H2,1-4H3. The molecular weight excluding hydrogens is 246 g/mol. The molecule has 0 bridgehead atoms. The molecule has 0 saturated carbocycles. The highest BCUT2D eigenvalue weighted by Crippen LogP contribution is 2.37. The summed E-state index contributed by atoms with van der Waals surface area (Å²) < 4.78 is 0. The lowest BCUT2D eigenvalue weighted by Crippen LogP contribution is -2.17. The van der Waals surface area contributed by atoms with E-state index in [1.54, 1.807) is 0 Å². The molecule has 0 amide bonds. The normalized spacial score (nSPS) is 12.4. The van der Waals surface area contributed by atoms with Gasteiger partial charge < -0.3 is 0 Å². The minimum absolute atomic E-state index is 0.446. The monoisotopic (exact) mass is 270 g/mol. The molecule has 100 valence electrons. The van der Waals surface area contributed by atoms with Crippen LogP contribution in [0.25, 0.3) is 10.8 Å². The quantitative estimate of drug-likeness (QED) is 0.509. The lowest BCUT2D eigenvalue weighted by molar-refractivity contribution is 0.751. The van der Waals surface area contributed by atoms with Gasteiger partial charge in [-0.25, -0.2) is 0 Å². The van der Waals surface area contributed by atoms with Crippen LogP contribution in [0, 0.1) is 0 Å². The third-order valence-electron chi connectivity index (χ3n) is 3.98. The summed E-state index contributed by atoms with van der Waals surface area (Å²) in [6.07, 6.45) is 3.34. The average molecular weight is 270 g/mol. The fourth-order valence-corrected chi connectivity index (χ4v) is 3.61. The lowest BCUT2D eigenvalue weighted by Gasteiger charge is -2.24. The maximum Gasteiger partial charge on any atom is 0.169 e. The molecule has 0 aliphatic rings. The Kier molecular flexibility index (Phi) is 4.69. The van der Waals surface area contributed by atoms with Crippen molar-refractivity contribution >= 4 is 25.7 Å². The summed E-state index contributed by atoms with van der Waals surface area (Å²) in [6, 6.07) is 15.5. The maximum atomic E-state index is 2.39. The van der Waals surface area contributed by atoms with Crippen LogP contribution in [-0.2, 0) is 6.42 Å². The SMILES string of the molecule is CB(PCCc1ccc2ccccc2c1)C(C)(C)C. The van der Waals surface area contributed by atoms with Gasteiger partial charge in [0.25, 0.3) is 0 Å². The molecule has 0 fully saturated rings. The van der Waals surface area contributed by atoms with Crippen LogP contribution in [0.4, 0.5) is 0 Å². The molecule has 0 aliphatic carbocycles. The topological polar surface area (TPSA) is 0 Å². The van der Waals surface area contributed by atoms with Gasteiger partial charge in [-0.15, -0.1) is 0 Å². The molecule has 19 heavy (non-hydrogen) atoms. The largest absolute Gasteiger partial charge is 0.169 e. The van der Waals surface area contributed by atoms with Gasteiger partial charge in [-0.05, 0) is 28.9 Å². The summed E-state index contributed by atoms with van der Waals surface area (Å²) in [4.78, 5) is 0. The number of benzene rings is 2. The molecular formula is C17H24BP. The number of rotatable bonds is 4. The Morgan fingerprint density at radius 3 is 2.37 bits per heavy atom. The second-order valence-corrected chi connectivity index (χ2v) is 8.25. The number of aryl methyl sites for hydroxylation is 1. The van der Waals surface area contributed by atoms with Gasteiger partial charge in [0.05, 0.1) is 0 Å². The van der Waals surface area contributed by atoms with Crippen molar-refractivity contribution in [3.05, 3.63) is 48.0 Å². The summed E-state index contributed by atoms with van der Waals surface area (Å²) in [5.74, 6) is 0. The van der Waals surface area contributed by atoms with Crippen molar-refractivity contribution in [1.29, 1.82) is 0 Å². The molecule has 0 saturated heterocycles. The predicted octanol–water partition coefficient (Wildman–Crippen LogP) is 5.48. The Balaban J connectivity index is 1.95. The maximum absolute atomic E-state index is 2.39. The second kappa shape index (κ2) is 6.10. The van der Waals surface area contributed by atoms with E-state index in [2.05, 4.69) is 70.1 Å². The van der Waals surface area contributed by atoms with Crippen LogP contribution in [0.1, 0.15) is 26.3 Å². The van der Waals surface area contributed by atoms with E-state index < -0.39 is 0 Å². The predicted molar refractivity (Wildman–Crippen MR) is 92.2 cm³/mol. The molecule has 0 aromatic heterocycles. The highest BCUT2D eigenvalue weighted by molar-refractivity contribution is 7.76. The van der Waals surface area contributed by atoms with Crippen molar-refractivity contribution in [2.75, 3.05) is 6.16 Å². The molecule has 2 aromatic carbocycles. The third-order valence-corrected chi connectivity index (χ3v) is 5.99. The van der Waals surface area contributed by atoms with Crippen molar-refractivity contribution in [3.63, 3.8) is 0 Å². The average Bonchev–Trinajstić information content (AvgIpc) is 2.37. The Morgan fingerprint density at radius 1 is 1.00 bits per heavy atom. The molecule has 0 aliphatic heterocycles. The minimum Gasteiger partial charge on any atom is -0.155 e.